The molecule has 0 bridgehead atoms. The summed E-state index contributed by atoms with van der Waals surface area (Å²) in [5.74, 6) is -0.325. The molecule has 1 N–H and O–H groups in total. The lowest BCUT2D eigenvalue weighted by Crippen LogP contribution is -2.20. The van der Waals surface area contributed by atoms with Crippen LogP contribution in [0.25, 0.3) is 11.0 Å². The monoisotopic (exact) mass is 419 g/mol. The van der Waals surface area contributed by atoms with Crippen molar-refractivity contribution in [2.45, 2.75) is 0 Å². The van der Waals surface area contributed by atoms with Crippen molar-refractivity contribution in [3.05, 3.63) is 89.9 Å². The Kier molecular flexibility index (Phi) is 5.66. The van der Waals surface area contributed by atoms with E-state index in [4.69, 9.17) is 13.9 Å². The second-order valence-electron chi connectivity index (χ2n) is 6.69. The summed E-state index contributed by atoms with van der Waals surface area (Å²) in [7, 11) is 1.53. The number of anilines is 1. The molecule has 0 spiro atoms. The van der Waals surface area contributed by atoms with E-state index in [1.165, 1.54) is 31.6 Å². The van der Waals surface area contributed by atoms with Crippen molar-refractivity contribution in [1.29, 1.82) is 0 Å². The smallest absolute Gasteiger partial charge is 0.262 e. The lowest BCUT2D eigenvalue weighted by atomic mass is 10.0. The third-order valence-corrected chi connectivity index (χ3v) is 4.64. The van der Waals surface area contributed by atoms with Gasteiger partial charge in [-0.3, -0.25) is 9.59 Å². The normalized spacial score (nSPS) is 10.6. The number of furan rings is 1. The molecule has 31 heavy (non-hydrogen) atoms. The highest BCUT2D eigenvalue weighted by Crippen LogP contribution is 2.28. The Hall–Kier alpha value is -4.13. The molecule has 0 saturated heterocycles. The Labute approximate surface area is 177 Å². The number of ketones is 1. The summed E-state index contributed by atoms with van der Waals surface area (Å²) >= 11 is 0. The van der Waals surface area contributed by atoms with Gasteiger partial charge in [0.2, 0.25) is 0 Å². The number of benzene rings is 3. The molecule has 0 radical (unpaired) electrons. The van der Waals surface area contributed by atoms with E-state index in [0.29, 0.717) is 33.6 Å². The molecule has 0 unspecified atom stereocenters. The topological polar surface area (TPSA) is 77.8 Å². The zero-order valence-electron chi connectivity index (χ0n) is 16.6. The molecule has 0 saturated carbocycles. The van der Waals surface area contributed by atoms with Gasteiger partial charge in [-0.05, 0) is 42.5 Å². The second kappa shape index (κ2) is 8.71. The Morgan fingerprint density at radius 3 is 2.65 bits per heavy atom. The first-order valence-corrected chi connectivity index (χ1v) is 9.42. The number of amides is 1. The van der Waals surface area contributed by atoms with Crippen molar-refractivity contribution in [3.8, 4) is 11.5 Å². The third kappa shape index (κ3) is 4.40. The molecule has 6 nitrogen and oxygen atoms in total. The van der Waals surface area contributed by atoms with Gasteiger partial charge in [0.25, 0.3) is 5.91 Å². The Morgan fingerprint density at radius 1 is 1.00 bits per heavy atom. The van der Waals surface area contributed by atoms with E-state index in [0.717, 1.165) is 0 Å². The number of fused-ring (bicyclic) bond motifs is 1. The number of rotatable bonds is 7. The van der Waals surface area contributed by atoms with Gasteiger partial charge in [0.05, 0.1) is 18.4 Å². The van der Waals surface area contributed by atoms with Crippen LogP contribution in [0.3, 0.4) is 0 Å². The number of carbonyl (C=O) groups excluding carboxylic acids is 2. The predicted molar refractivity (Wildman–Crippen MR) is 113 cm³/mol. The summed E-state index contributed by atoms with van der Waals surface area (Å²) in [6, 6.07) is 17.6. The Bertz CT molecular complexity index is 1260. The quantitative estimate of drug-likeness (QED) is 0.434. The molecule has 1 aromatic heterocycles. The van der Waals surface area contributed by atoms with Gasteiger partial charge >= 0.3 is 0 Å². The van der Waals surface area contributed by atoms with Crippen LogP contribution < -0.4 is 14.8 Å². The van der Waals surface area contributed by atoms with E-state index < -0.39 is 11.7 Å². The van der Waals surface area contributed by atoms with Crippen LogP contribution in [0.15, 0.2) is 77.4 Å². The first-order chi connectivity index (χ1) is 15.0. The molecule has 0 aliphatic rings. The van der Waals surface area contributed by atoms with Crippen LogP contribution >= 0.6 is 0 Å². The Balaban J connectivity index is 1.51. The van der Waals surface area contributed by atoms with E-state index in [1.54, 1.807) is 48.5 Å². The van der Waals surface area contributed by atoms with Crippen molar-refractivity contribution in [3.63, 3.8) is 0 Å². The highest BCUT2D eigenvalue weighted by atomic mass is 19.1. The zero-order valence-corrected chi connectivity index (χ0v) is 16.6. The fraction of sp³-hybridized carbons (Fsp3) is 0.0833. The first-order valence-electron chi connectivity index (χ1n) is 9.42. The van der Waals surface area contributed by atoms with Crippen LogP contribution in [0.1, 0.15) is 15.9 Å². The number of para-hydroxylation sites is 1. The van der Waals surface area contributed by atoms with Gasteiger partial charge in [-0.2, -0.15) is 0 Å². The van der Waals surface area contributed by atoms with Gasteiger partial charge in [-0.1, -0.05) is 24.3 Å². The number of ether oxygens (including phenoxy) is 2. The van der Waals surface area contributed by atoms with E-state index >= 15 is 0 Å². The lowest BCUT2D eigenvalue weighted by molar-refractivity contribution is -0.118. The van der Waals surface area contributed by atoms with Gasteiger partial charge in [-0.25, -0.2) is 4.39 Å². The number of carbonyl (C=O) groups is 2. The number of hydrogen-bond acceptors (Lipinski definition) is 5. The standard InChI is InChI=1S/C24H18FNO5/c1-29-16-6-4-5-15(11-16)24(28)19-13-31-22-10-9-17(12-18(19)22)30-14-23(27)26-21-8-3-2-7-20(21)25/h2-13H,14H2,1H3,(H,26,27). The molecule has 3 aromatic carbocycles. The second-order valence-corrected chi connectivity index (χ2v) is 6.69. The fourth-order valence-electron chi connectivity index (χ4n) is 3.09. The summed E-state index contributed by atoms with van der Waals surface area (Å²) in [6.07, 6.45) is 1.39. The maximum Gasteiger partial charge on any atom is 0.262 e. The van der Waals surface area contributed by atoms with Crippen LogP contribution in [0.2, 0.25) is 0 Å². The highest BCUT2D eigenvalue weighted by molar-refractivity contribution is 6.16. The highest BCUT2D eigenvalue weighted by Gasteiger charge is 2.17. The van der Waals surface area contributed by atoms with Gasteiger partial charge in [0.1, 0.15) is 29.2 Å². The average Bonchev–Trinajstić information content (AvgIpc) is 3.22. The first kappa shape index (κ1) is 20.2. The summed E-state index contributed by atoms with van der Waals surface area (Å²) in [5.41, 5.74) is 1.41. The van der Waals surface area contributed by atoms with Crippen LogP contribution in [0.5, 0.6) is 11.5 Å². The van der Waals surface area contributed by atoms with Gasteiger partial charge in [-0.15, -0.1) is 0 Å². The molecule has 0 aliphatic carbocycles. The maximum absolute atomic E-state index is 13.7. The van der Waals surface area contributed by atoms with Crippen LogP contribution in [0, 0.1) is 5.82 Å². The third-order valence-electron chi connectivity index (χ3n) is 4.64. The summed E-state index contributed by atoms with van der Waals surface area (Å²) < 4.78 is 29.8. The number of nitrogens with one attached hydrogen (secondary N) is 1. The van der Waals surface area contributed by atoms with Crippen LogP contribution in [-0.4, -0.2) is 25.4 Å². The van der Waals surface area contributed by atoms with Crippen LogP contribution in [-0.2, 0) is 4.79 Å². The Morgan fingerprint density at radius 2 is 1.84 bits per heavy atom. The van der Waals surface area contributed by atoms with E-state index in [9.17, 15) is 14.0 Å². The number of methoxy groups -OCH3 is 1. The van der Waals surface area contributed by atoms with E-state index in [2.05, 4.69) is 5.32 Å². The molecule has 0 aliphatic heterocycles. The minimum Gasteiger partial charge on any atom is -0.497 e. The lowest BCUT2D eigenvalue weighted by Gasteiger charge is -2.08. The number of hydrogen-bond donors (Lipinski definition) is 1. The fourth-order valence-corrected chi connectivity index (χ4v) is 3.09. The van der Waals surface area contributed by atoms with E-state index in [1.807, 2.05) is 0 Å². The van der Waals surface area contributed by atoms with Crippen molar-refractivity contribution in [2.24, 2.45) is 0 Å². The van der Waals surface area contributed by atoms with Gasteiger partial charge in [0, 0.05) is 10.9 Å². The molecule has 1 heterocycles. The van der Waals surface area contributed by atoms with Crippen molar-refractivity contribution in [1.82, 2.24) is 0 Å². The number of halogens is 1. The van der Waals surface area contributed by atoms with Crippen molar-refractivity contribution in [2.75, 3.05) is 19.0 Å². The van der Waals surface area contributed by atoms with Gasteiger partial charge in [0.15, 0.2) is 12.4 Å². The van der Waals surface area contributed by atoms with Crippen LogP contribution in [0.4, 0.5) is 10.1 Å². The summed E-state index contributed by atoms with van der Waals surface area (Å²) in [5, 5.41) is 3.01. The molecule has 156 valence electrons. The zero-order chi connectivity index (χ0) is 21.8. The minimum atomic E-state index is -0.531. The van der Waals surface area contributed by atoms with E-state index in [-0.39, 0.29) is 18.1 Å². The van der Waals surface area contributed by atoms with Crippen molar-refractivity contribution < 1.29 is 27.9 Å². The molecular weight excluding hydrogens is 401 g/mol. The largest absolute Gasteiger partial charge is 0.497 e. The molecular formula is C24H18FNO5. The molecule has 4 rings (SSSR count). The minimum absolute atomic E-state index is 0.0764. The molecule has 0 fully saturated rings. The molecule has 7 heteroatoms. The summed E-state index contributed by atoms with van der Waals surface area (Å²) in [4.78, 5) is 25.0. The maximum atomic E-state index is 13.7. The average molecular weight is 419 g/mol. The van der Waals surface area contributed by atoms with Gasteiger partial charge < -0.3 is 19.2 Å². The SMILES string of the molecule is COc1cccc(C(=O)c2coc3ccc(OCC(=O)Nc4ccccc4F)cc23)c1. The molecule has 4 aromatic rings. The molecule has 1 amide bonds. The summed E-state index contributed by atoms with van der Waals surface area (Å²) in [6.45, 7) is -0.323. The predicted octanol–water partition coefficient (Wildman–Crippen LogP) is 4.83. The van der Waals surface area contributed by atoms with Crippen molar-refractivity contribution >= 4 is 28.3 Å². The molecule has 0 atom stereocenters.